The molecule has 0 aliphatic carbocycles. The van der Waals surface area contributed by atoms with E-state index < -0.39 is 5.97 Å². The Morgan fingerprint density at radius 1 is 1.39 bits per heavy atom. The van der Waals surface area contributed by atoms with Gasteiger partial charge >= 0.3 is 5.97 Å². The lowest BCUT2D eigenvalue weighted by Gasteiger charge is -2.13. The maximum Gasteiger partial charge on any atom is 0.341 e. The largest absolute Gasteiger partial charge is 0.482 e. The van der Waals surface area contributed by atoms with Crippen LogP contribution in [0.2, 0.25) is 0 Å². The average molecular weight is 321 g/mol. The number of carbonyl (C=O) groups is 2. The number of amides is 1. The highest BCUT2D eigenvalue weighted by molar-refractivity contribution is 5.91. The molecule has 2 N–H and O–H groups in total. The number of anilines is 1. The van der Waals surface area contributed by atoms with Crippen LogP contribution in [0.1, 0.15) is 38.2 Å². The Morgan fingerprint density at radius 3 is 2.78 bits per heavy atom. The van der Waals surface area contributed by atoms with E-state index in [-0.39, 0.29) is 18.6 Å². The fourth-order valence-electron chi connectivity index (χ4n) is 2.61. The lowest BCUT2D eigenvalue weighted by atomic mass is 10.1. The standard InChI is InChI=1S/C17H23NO5/c1-11-9-14(22-10-17(20)21)5-7-15(11)18-16(19)8-6-13-4-3-12(2)23-13/h5,7,9,12-13H,3-4,6,8,10H2,1-2H3,(H,18,19)(H,20,21). The number of carboxylic acids is 1. The van der Waals surface area contributed by atoms with Crippen LogP contribution < -0.4 is 10.1 Å². The number of aryl methyl sites for hydroxylation is 1. The van der Waals surface area contributed by atoms with Gasteiger partial charge in [0.15, 0.2) is 6.61 Å². The first kappa shape index (κ1) is 17.3. The smallest absolute Gasteiger partial charge is 0.341 e. The summed E-state index contributed by atoms with van der Waals surface area (Å²) in [6.45, 7) is 3.51. The van der Waals surface area contributed by atoms with Crippen LogP contribution in [0, 0.1) is 6.92 Å². The van der Waals surface area contributed by atoms with Gasteiger partial charge in [-0.05, 0) is 56.9 Å². The van der Waals surface area contributed by atoms with Crippen molar-refractivity contribution in [3.8, 4) is 5.75 Å². The highest BCUT2D eigenvalue weighted by atomic mass is 16.5. The van der Waals surface area contributed by atoms with E-state index in [2.05, 4.69) is 12.2 Å². The van der Waals surface area contributed by atoms with Crippen molar-refractivity contribution < 1.29 is 24.2 Å². The van der Waals surface area contributed by atoms with Crippen molar-refractivity contribution in [3.63, 3.8) is 0 Å². The maximum absolute atomic E-state index is 12.0. The summed E-state index contributed by atoms with van der Waals surface area (Å²) in [6.07, 6.45) is 3.71. The molecular formula is C17H23NO5. The summed E-state index contributed by atoms with van der Waals surface area (Å²) >= 11 is 0. The van der Waals surface area contributed by atoms with E-state index in [4.69, 9.17) is 14.6 Å². The van der Waals surface area contributed by atoms with E-state index >= 15 is 0 Å². The Balaban J connectivity index is 1.82. The number of hydrogen-bond donors (Lipinski definition) is 2. The molecule has 23 heavy (non-hydrogen) atoms. The fourth-order valence-corrected chi connectivity index (χ4v) is 2.61. The number of aliphatic carboxylic acids is 1. The summed E-state index contributed by atoms with van der Waals surface area (Å²) in [5.41, 5.74) is 1.53. The lowest BCUT2D eigenvalue weighted by molar-refractivity contribution is -0.139. The molecule has 0 radical (unpaired) electrons. The number of carboxylic acid groups (broad SMARTS) is 1. The predicted octanol–water partition coefficient (Wildman–Crippen LogP) is 2.74. The predicted molar refractivity (Wildman–Crippen MR) is 85.7 cm³/mol. The molecule has 1 heterocycles. The van der Waals surface area contributed by atoms with Gasteiger partial charge in [0, 0.05) is 12.1 Å². The van der Waals surface area contributed by atoms with Crippen LogP contribution in [0.4, 0.5) is 5.69 Å². The highest BCUT2D eigenvalue weighted by Gasteiger charge is 2.22. The molecule has 1 amide bonds. The molecule has 2 unspecified atom stereocenters. The van der Waals surface area contributed by atoms with Crippen molar-refractivity contribution in [2.45, 2.75) is 51.7 Å². The summed E-state index contributed by atoms with van der Waals surface area (Å²) < 4.78 is 10.8. The van der Waals surface area contributed by atoms with E-state index in [0.717, 1.165) is 24.8 Å². The first-order valence-electron chi connectivity index (χ1n) is 7.84. The number of ether oxygens (including phenoxy) is 2. The van der Waals surface area contributed by atoms with Gasteiger partial charge in [-0.25, -0.2) is 4.79 Å². The van der Waals surface area contributed by atoms with Gasteiger partial charge in [-0.3, -0.25) is 4.79 Å². The van der Waals surface area contributed by atoms with E-state index in [1.165, 1.54) is 0 Å². The van der Waals surface area contributed by atoms with Crippen molar-refractivity contribution in [1.29, 1.82) is 0 Å². The minimum Gasteiger partial charge on any atom is -0.482 e. The van der Waals surface area contributed by atoms with Crippen molar-refractivity contribution in [1.82, 2.24) is 0 Å². The number of benzene rings is 1. The molecule has 0 aromatic heterocycles. The zero-order valence-electron chi connectivity index (χ0n) is 13.5. The molecule has 1 aliphatic rings. The second-order valence-corrected chi connectivity index (χ2v) is 5.89. The topological polar surface area (TPSA) is 84.9 Å². The molecule has 1 aromatic carbocycles. The van der Waals surface area contributed by atoms with Gasteiger partial charge in [0.2, 0.25) is 5.91 Å². The van der Waals surface area contributed by atoms with E-state index in [1.807, 2.05) is 6.92 Å². The van der Waals surface area contributed by atoms with Gasteiger partial charge in [0.1, 0.15) is 5.75 Å². The highest BCUT2D eigenvalue weighted by Crippen LogP contribution is 2.24. The Morgan fingerprint density at radius 2 is 2.17 bits per heavy atom. The number of rotatable bonds is 7. The van der Waals surface area contributed by atoms with Crippen LogP contribution in [-0.4, -0.2) is 35.8 Å². The quantitative estimate of drug-likeness (QED) is 0.806. The molecule has 0 bridgehead atoms. The molecule has 1 aromatic rings. The summed E-state index contributed by atoms with van der Waals surface area (Å²) in [4.78, 5) is 22.5. The minimum absolute atomic E-state index is 0.0459. The average Bonchev–Trinajstić information content (AvgIpc) is 2.91. The molecule has 2 atom stereocenters. The van der Waals surface area contributed by atoms with Crippen LogP contribution in [0.5, 0.6) is 5.75 Å². The lowest BCUT2D eigenvalue weighted by Crippen LogP contribution is -2.16. The van der Waals surface area contributed by atoms with Gasteiger partial charge in [0.25, 0.3) is 0 Å². The Kier molecular flexibility index (Phi) is 5.98. The first-order valence-corrected chi connectivity index (χ1v) is 7.84. The van der Waals surface area contributed by atoms with E-state index in [1.54, 1.807) is 18.2 Å². The summed E-state index contributed by atoms with van der Waals surface area (Å²) in [5, 5.41) is 11.5. The Bertz CT molecular complexity index is 572. The maximum atomic E-state index is 12.0. The van der Waals surface area contributed by atoms with Gasteiger partial charge in [0.05, 0.1) is 12.2 Å². The van der Waals surface area contributed by atoms with Crippen LogP contribution in [0.25, 0.3) is 0 Å². The molecule has 0 saturated carbocycles. The first-order chi connectivity index (χ1) is 10.9. The zero-order valence-corrected chi connectivity index (χ0v) is 13.5. The fraction of sp³-hybridized carbons (Fsp3) is 0.529. The van der Waals surface area contributed by atoms with Crippen molar-refractivity contribution in [2.75, 3.05) is 11.9 Å². The molecule has 126 valence electrons. The Labute approximate surface area is 135 Å². The van der Waals surface area contributed by atoms with E-state index in [0.29, 0.717) is 24.0 Å². The molecule has 6 heteroatoms. The second kappa shape index (κ2) is 7.97. The zero-order chi connectivity index (χ0) is 16.8. The second-order valence-electron chi connectivity index (χ2n) is 5.89. The van der Waals surface area contributed by atoms with Crippen LogP contribution in [0.15, 0.2) is 18.2 Å². The summed E-state index contributed by atoms with van der Waals surface area (Å²) in [7, 11) is 0. The summed E-state index contributed by atoms with van der Waals surface area (Å²) in [5.74, 6) is -0.602. The third kappa shape index (κ3) is 5.56. The number of nitrogens with one attached hydrogen (secondary N) is 1. The van der Waals surface area contributed by atoms with Gasteiger partial charge in [-0.2, -0.15) is 0 Å². The van der Waals surface area contributed by atoms with Crippen LogP contribution >= 0.6 is 0 Å². The third-order valence-electron chi connectivity index (χ3n) is 3.85. The molecule has 1 aliphatic heterocycles. The minimum atomic E-state index is -1.02. The van der Waals surface area contributed by atoms with Gasteiger partial charge in [-0.1, -0.05) is 0 Å². The monoisotopic (exact) mass is 321 g/mol. The van der Waals surface area contributed by atoms with E-state index in [9.17, 15) is 9.59 Å². The number of hydrogen-bond acceptors (Lipinski definition) is 4. The molecule has 1 saturated heterocycles. The number of carbonyl (C=O) groups excluding carboxylic acids is 1. The normalized spacial score (nSPS) is 20.3. The third-order valence-corrected chi connectivity index (χ3v) is 3.85. The van der Waals surface area contributed by atoms with Crippen molar-refractivity contribution in [3.05, 3.63) is 23.8 Å². The van der Waals surface area contributed by atoms with Gasteiger partial charge < -0.3 is 19.9 Å². The molecule has 1 fully saturated rings. The molecular weight excluding hydrogens is 298 g/mol. The van der Waals surface area contributed by atoms with Gasteiger partial charge in [-0.15, -0.1) is 0 Å². The molecule has 2 rings (SSSR count). The van der Waals surface area contributed by atoms with Crippen LogP contribution in [-0.2, 0) is 14.3 Å². The van der Waals surface area contributed by atoms with Crippen LogP contribution in [0.3, 0.4) is 0 Å². The van der Waals surface area contributed by atoms with Crippen molar-refractivity contribution >= 4 is 17.6 Å². The molecule has 0 spiro atoms. The Hall–Kier alpha value is -2.08. The molecule has 6 nitrogen and oxygen atoms in total. The SMILES string of the molecule is Cc1cc(OCC(=O)O)ccc1NC(=O)CCC1CCC(C)O1. The van der Waals surface area contributed by atoms with Crippen molar-refractivity contribution in [2.24, 2.45) is 0 Å². The summed E-state index contributed by atoms with van der Waals surface area (Å²) in [6, 6.07) is 5.08.